The van der Waals surface area contributed by atoms with Gasteiger partial charge in [0.25, 0.3) is 0 Å². The molecule has 0 aromatic heterocycles. The third-order valence-electron chi connectivity index (χ3n) is 4.09. The van der Waals surface area contributed by atoms with E-state index in [-0.39, 0.29) is 0 Å². The van der Waals surface area contributed by atoms with Crippen molar-refractivity contribution in [1.29, 1.82) is 0 Å². The Morgan fingerprint density at radius 3 is 1.05 bits per heavy atom. The van der Waals surface area contributed by atoms with Crippen molar-refractivity contribution in [3.05, 3.63) is 97.1 Å². The molecular weight excluding hydrogens is 264 g/mol. The second-order valence-corrected chi connectivity index (χ2v) is 5.44. The molecule has 0 radical (unpaired) electrons. The van der Waals surface area contributed by atoms with Gasteiger partial charge < -0.3 is 0 Å². The van der Waals surface area contributed by atoms with Crippen LogP contribution in [0.3, 0.4) is 0 Å². The van der Waals surface area contributed by atoms with Crippen molar-refractivity contribution in [3.8, 4) is 33.4 Å². The Balaban J connectivity index is 1.94. The van der Waals surface area contributed by atoms with E-state index in [4.69, 9.17) is 0 Å². The molecule has 0 saturated heterocycles. The van der Waals surface area contributed by atoms with Gasteiger partial charge in [0, 0.05) is 0 Å². The van der Waals surface area contributed by atoms with E-state index in [0.29, 0.717) is 0 Å². The van der Waals surface area contributed by atoms with Crippen LogP contribution in [0, 0.1) is 0 Å². The first-order chi connectivity index (χ1) is 10.9. The molecule has 0 aliphatic heterocycles. The number of rotatable bonds is 2. The Bertz CT molecular complexity index is 789. The third kappa shape index (κ3) is 2.19. The minimum Gasteiger partial charge on any atom is -0.0622 e. The van der Waals surface area contributed by atoms with Gasteiger partial charge in [0.05, 0.1) is 0 Å². The van der Waals surface area contributed by atoms with Gasteiger partial charge in [-0.25, -0.2) is 0 Å². The fourth-order valence-electron chi connectivity index (χ4n) is 3.05. The molecule has 2 aliphatic rings. The van der Waals surface area contributed by atoms with E-state index in [1.807, 2.05) is 0 Å². The van der Waals surface area contributed by atoms with E-state index < -0.39 is 0 Å². The van der Waals surface area contributed by atoms with Crippen LogP contribution < -0.4 is 0 Å². The lowest BCUT2D eigenvalue weighted by molar-refractivity contribution is 1.65. The van der Waals surface area contributed by atoms with Crippen molar-refractivity contribution < 1.29 is 0 Å². The number of hydrogen-bond donors (Lipinski definition) is 0. The average Bonchev–Trinajstić information content (AvgIpc) is 2.98. The second kappa shape index (κ2) is 5.50. The van der Waals surface area contributed by atoms with Crippen molar-refractivity contribution in [2.45, 2.75) is 0 Å². The highest BCUT2D eigenvalue weighted by atomic mass is 14.2. The Kier molecular flexibility index (Phi) is 3.21. The first-order valence-electron chi connectivity index (χ1n) is 7.56. The van der Waals surface area contributed by atoms with Crippen LogP contribution in [0.25, 0.3) is 33.4 Å². The van der Waals surface area contributed by atoms with Gasteiger partial charge in [-0.15, -0.1) is 0 Å². The second-order valence-electron chi connectivity index (χ2n) is 5.44. The van der Waals surface area contributed by atoms with Crippen LogP contribution in [0.5, 0.6) is 0 Å². The molecule has 4 rings (SSSR count). The predicted octanol–water partition coefficient (Wildman–Crippen LogP) is 6.13. The molecule has 2 aromatic rings. The summed E-state index contributed by atoms with van der Waals surface area (Å²) in [6.45, 7) is 0. The van der Waals surface area contributed by atoms with E-state index >= 15 is 0 Å². The van der Waals surface area contributed by atoms with Crippen LogP contribution in [0.4, 0.5) is 0 Å². The Morgan fingerprint density at radius 2 is 0.636 bits per heavy atom. The Morgan fingerprint density at radius 1 is 0.273 bits per heavy atom. The highest BCUT2D eigenvalue weighted by molar-refractivity contribution is 5.92. The molecule has 0 fully saturated rings. The van der Waals surface area contributed by atoms with Gasteiger partial charge in [-0.05, 0) is 33.4 Å². The minimum absolute atomic E-state index is 1.26. The molecule has 0 atom stereocenters. The van der Waals surface area contributed by atoms with E-state index in [2.05, 4.69) is 97.1 Å². The predicted molar refractivity (Wildman–Crippen MR) is 93.9 cm³/mol. The Hall–Kier alpha value is -2.86. The molecule has 0 unspecified atom stereocenters. The topological polar surface area (TPSA) is 0 Å². The zero-order valence-corrected chi connectivity index (χ0v) is 12.2. The average molecular weight is 280 g/mol. The zero-order valence-electron chi connectivity index (χ0n) is 12.2. The molecule has 0 saturated carbocycles. The van der Waals surface area contributed by atoms with E-state index in [1.54, 1.807) is 0 Å². The van der Waals surface area contributed by atoms with Crippen molar-refractivity contribution in [2.24, 2.45) is 0 Å². The molecule has 0 heteroatoms. The standard InChI is InChI=1S/C22H16/c1-3-9-17(10-4-1)19-13-7-14-20(18-11-5-2-6-12-18)22-16-8-15-21(19)22/h1-16H. The molecule has 0 spiro atoms. The van der Waals surface area contributed by atoms with Gasteiger partial charge in [-0.2, -0.15) is 0 Å². The van der Waals surface area contributed by atoms with E-state index in [9.17, 15) is 0 Å². The number of benzene rings is 2. The quantitative estimate of drug-likeness (QED) is 0.414. The summed E-state index contributed by atoms with van der Waals surface area (Å²) in [5, 5.41) is 0. The molecule has 0 N–H and O–H groups in total. The van der Waals surface area contributed by atoms with Crippen LogP contribution >= 0.6 is 0 Å². The monoisotopic (exact) mass is 280 g/mol. The minimum atomic E-state index is 1.26. The molecule has 2 aromatic carbocycles. The summed E-state index contributed by atoms with van der Waals surface area (Å²) in [4.78, 5) is 0. The molecule has 0 amide bonds. The lowest BCUT2D eigenvalue weighted by Crippen LogP contribution is -1.81. The van der Waals surface area contributed by atoms with Crippen LogP contribution in [0.15, 0.2) is 97.1 Å². The van der Waals surface area contributed by atoms with Gasteiger partial charge in [0.2, 0.25) is 0 Å². The third-order valence-corrected chi connectivity index (χ3v) is 4.09. The maximum atomic E-state index is 2.21. The summed E-state index contributed by atoms with van der Waals surface area (Å²) in [6, 6.07) is 34.3. The van der Waals surface area contributed by atoms with Crippen molar-refractivity contribution in [2.75, 3.05) is 0 Å². The van der Waals surface area contributed by atoms with Gasteiger partial charge in [-0.3, -0.25) is 0 Å². The summed E-state index contributed by atoms with van der Waals surface area (Å²) in [6.07, 6.45) is 0. The fourth-order valence-corrected chi connectivity index (χ4v) is 3.05. The Labute approximate surface area is 131 Å². The normalized spacial score (nSPS) is 10.7. The van der Waals surface area contributed by atoms with Crippen molar-refractivity contribution >= 4 is 0 Å². The summed E-state index contributed by atoms with van der Waals surface area (Å²) < 4.78 is 0. The SMILES string of the molecule is c1ccc(-c2cccc(-c3ccccc3)c3cccc2-3)cc1. The first-order valence-corrected chi connectivity index (χ1v) is 7.56. The maximum Gasteiger partial charge on any atom is -0.00992 e. The van der Waals surface area contributed by atoms with Crippen molar-refractivity contribution in [3.63, 3.8) is 0 Å². The molecule has 0 heterocycles. The lowest BCUT2D eigenvalue weighted by Gasteiger charge is -2.08. The van der Waals surface area contributed by atoms with Crippen LogP contribution in [0.2, 0.25) is 0 Å². The highest BCUT2D eigenvalue weighted by Gasteiger charge is 2.13. The van der Waals surface area contributed by atoms with Gasteiger partial charge in [0.15, 0.2) is 0 Å². The largest absolute Gasteiger partial charge is 0.0622 e. The van der Waals surface area contributed by atoms with E-state index in [0.717, 1.165) is 0 Å². The van der Waals surface area contributed by atoms with Crippen molar-refractivity contribution in [1.82, 2.24) is 0 Å². The highest BCUT2D eigenvalue weighted by Crippen LogP contribution is 2.39. The molecule has 104 valence electrons. The van der Waals surface area contributed by atoms with Gasteiger partial charge in [0.1, 0.15) is 0 Å². The first kappa shape index (κ1) is 12.8. The number of hydrogen-bond acceptors (Lipinski definition) is 0. The molecule has 2 aliphatic carbocycles. The zero-order chi connectivity index (χ0) is 14.8. The summed E-state index contributed by atoms with van der Waals surface area (Å²) >= 11 is 0. The smallest absolute Gasteiger partial charge is 0.00992 e. The molecule has 0 nitrogen and oxygen atoms in total. The van der Waals surface area contributed by atoms with Crippen LogP contribution in [-0.4, -0.2) is 0 Å². The fraction of sp³-hybridized carbons (Fsp3) is 0. The molecule has 0 bridgehead atoms. The van der Waals surface area contributed by atoms with Crippen LogP contribution in [-0.2, 0) is 0 Å². The maximum absolute atomic E-state index is 2.21. The van der Waals surface area contributed by atoms with Gasteiger partial charge in [-0.1, -0.05) is 97.1 Å². The summed E-state index contributed by atoms with van der Waals surface area (Å²) in [5.41, 5.74) is 7.68. The molecular formula is C22H16. The summed E-state index contributed by atoms with van der Waals surface area (Å²) in [5.74, 6) is 0. The molecule has 22 heavy (non-hydrogen) atoms. The number of fused-ring (bicyclic) bond motifs is 1. The van der Waals surface area contributed by atoms with E-state index in [1.165, 1.54) is 33.4 Å². The lowest BCUT2D eigenvalue weighted by atomic mass is 9.96. The van der Waals surface area contributed by atoms with Crippen LogP contribution in [0.1, 0.15) is 0 Å². The summed E-state index contributed by atoms with van der Waals surface area (Å²) in [7, 11) is 0. The van der Waals surface area contributed by atoms with Gasteiger partial charge >= 0.3 is 0 Å².